The fraction of sp³-hybridized carbons (Fsp3) is 0.273. The molecule has 0 unspecified atom stereocenters. The number of nitrogens with zero attached hydrogens (tertiary/aromatic N) is 5. The minimum atomic E-state index is -0.390. The Kier molecular flexibility index (Phi) is 6.60. The molecule has 2 N–H and O–H groups in total. The molecule has 0 saturated carbocycles. The Hall–Kier alpha value is -3.22. The molecule has 0 aliphatic carbocycles. The topological polar surface area (TPSA) is 94.7 Å². The maximum Gasteiger partial charge on any atom is 0.141 e. The van der Waals surface area contributed by atoms with E-state index in [1.54, 1.807) is 16.8 Å². The minimum absolute atomic E-state index is 0.390. The molecule has 0 aromatic carbocycles. The van der Waals surface area contributed by atoms with E-state index >= 15 is 0 Å². The molecule has 5 rings (SSSR count). The number of nitrogens with one attached hydrogen (secondary N) is 2. The van der Waals surface area contributed by atoms with Gasteiger partial charge in [-0.2, -0.15) is 15.5 Å². The number of fused-ring (bicyclic) bond motifs is 1. The van der Waals surface area contributed by atoms with Crippen LogP contribution in [0.5, 0.6) is 0 Å². The molecule has 4 aromatic rings. The third-order valence-electron chi connectivity index (χ3n) is 4.96. The summed E-state index contributed by atoms with van der Waals surface area (Å²) in [4.78, 5) is 4.90. The van der Waals surface area contributed by atoms with Gasteiger partial charge in [-0.15, -0.1) is 0 Å². The molecule has 0 radical (unpaired) electrons. The van der Waals surface area contributed by atoms with Crippen molar-refractivity contribution >= 4 is 17.3 Å². The van der Waals surface area contributed by atoms with Gasteiger partial charge >= 0.3 is 0 Å². The smallest absolute Gasteiger partial charge is 0.141 e. The Morgan fingerprint density at radius 2 is 2.00 bits per heavy atom. The van der Waals surface area contributed by atoms with Crippen LogP contribution >= 0.6 is 11.8 Å². The standard InChI is InChI=1S/C17H11FN6S.C5H11N/c1-10-14(8-21-23-10)11-4-15(25-16-3-2-13(18)7-20-16)17-12(5-19)6-22-24(17)9-11;1-2-4-6-5-3-1/h2-4,6-9H,1H3,(H,21,23);6H,1-5H2. The van der Waals surface area contributed by atoms with Crippen molar-refractivity contribution in [2.45, 2.75) is 36.1 Å². The first-order valence-electron chi connectivity index (χ1n) is 10.1. The van der Waals surface area contributed by atoms with Crippen molar-refractivity contribution in [2.75, 3.05) is 13.1 Å². The van der Waals surface area contributed by atoms with E-state index in [0.29, 0.717) is 16.1 Å². The molecule has 5 heterocycles. The zero-order chi connectivity index (χ0) is 21.6. The van der Waals surface area contributed by atoms with Gasteiger partial charge in [-0.05, 0) is 51.1 Å². The summed E-state index contributed by atoms with van der Waals surface area (Å²) in [6.07, 6.45) is 10.5. The first-order chi connectivity index (χ1) is 15.2. The van der Waals surface area contributed by atoms with E-state index in [1.807, 2.05) is 19.2 Å². The van der Waals surface area contributed by atoms with Gasteiger partial charge in [-0.1, -0.05) is 18.2 Å². The van der Waals surface area contributed by atoms with Crippen molar-refractivity contribution in [3.8, 4) is 17.2 Å². The van der Waals surface area contributed by atoms with Gasteiger partial charge in [0.05, 0.1) is 29.7 Å². The Morgan fingerprint density at radius 1 is 1.16 bits per heavy atom. The minimum Gasteiger partial charge on any atom is -0.317 e. The number of H-pyrrole nitrogens is 1. The number of hydrogen-bond donors (Lipinski definition) is 2. The van der Waals surface area contributed by atoms with E-state index in [2.05, 4.69) is 31.7 Å². The largest absolute Gasteiger partial charge is 0.317 e. The predicted octanol–water partition coefficient (Wildman–Crippen LogP) is 4.35. The highest BCUT2D eigenvalue weighted by molar-refractivity contribution is 7.99. The van der Waals surface area contributed by atoms with Gasteiger partial charge < -0.3 is 5.32 Å². The van der Waals surface area contributed by atoms with Gasteiger partial charge in [0.25, 0.3) is 0 Å². The van der Waals surface area contributed by atoms with Crippen LogP contribution in [0.15, 0.2) is 52.9 Å². The highest BCUT2D eigenvalue weighted by Gasteiger charge is 2.15. The number of aryl methyl sites for hydroxylation is 1. The highest BCUT2D eigenvalue weighted by atomic mass is 32.2. The lowest BCUT2D eigenvalue weighted by molar-refractivity contribution is 0.520. The lowest BCUT2D eigenvalue weighted by atomic mass is 10.1. The predicted molar refractivity (Wildman–Crippen MR) is 117 cm³/mol. The molecule has 0 amide bonds. The number of piperidine rings is 1. The van der Waals surface area contributed by atoms with Gasteiger partial charge in [0.1, 0.15) is 16.9 Å². The molecule has 158 valence electrons. The molecule has 1 saturated heterocycles. The summed E-state index contributed by atoms with van der Waals surface area (Å²) in [7, 11) is 0. The molecule has 1 aliphatic heterocycles. The van der Waals surface area contributed by atoms with Crippen molar-refractivity contribution in [3.05, 3.63) is 60.1 Å². The molecular formula is C22H22FN7S. The second-order valence-electron chi connectivity index (χ2n) is 7.19. The van der Waals surface area contributed by atoms with Gasteiger partial charge in [-0.3, -0.25) is 5.10 Å². The molecule has 0 bridgehead atoms. The molecule has 4 aromatic heterocycles. The SMILES string of the molecule is C1CCNCC1.Cc1[nH]ncc1-c1cc(Sc2ccc(F)cn2)c2c(C#N)cnn2c1. The number of hydrogen-bond acceptors (Lipinski definition) is 6. The highest BCUT2D eigenvalue weighted by Crippen LogP contribution is 2.35. The van der Waals surface area contributed by atoms with Crippen molar-refractivity contribution < 1.29 is 4.39 Å². The van der Waals surface area contributed by atoms with Crippen LogP contribution in [-0.2, 0) is 0 Å². The van der Waals surface area contributed by atoms with Crippen LogP contribution in [-0.4, -0.2) is 37.9 Å². The van der Waals surface area contributed by atoms with Crippen LogP contribution in [0.25, 0.3) is 16.6 Å². The molecule has 7 nitrogen and oxygen atoms in total. The van der Waals surface area contributed by atoms with Gasteiger partial charge in [-0.25, -0.2) is 13.9 Å². The number of nitriles is 1. The van der Waals surface area contributed by atoms with E-state index in [1.165, 1.54) is 62.6 Å². The van der Waals surface area contributed by atoms with E-state index in [9.17, 15) is 9.65 Å². The summed E-state index contributed by atoms with van der Waals surface area (Å²) in [6, 6.07) is 7.08. The molecule has 0 atom stereocenters. The monoisotopic (exact) mass is 435 g/mol. The van der Waals surface area contributed by atoms with Crippen LogP contribution < -0.4 is 5.32 Å². The number of aromatic nitrogens is 5. The van der Waals surface area contributed by atoms with Crippen LogP contribution in [0.2, 0.25) is 0 Å². The Bertz CT molecular complexity index is 1190. The number of halogens is 1. The second-order valence-corrected chi connectivity index (χ2v) is 8.25. The third kappa shape index (κ3) is 4.93. The lowest BCUT2D eigenvalue weighted by Crippen LogP contribution is -2.21. The Labute approximate surface area is 183 Å². The summed E-state index contributed by atoms with van der Waals surface area (Å²) >= 11 is 1.36. The third-order valence-corrected chi connectivity index (χ3v) is 5.94. The van der Waals surface area contributed by atoms with E-state index < -0.39 is 0 Å². The maximum absolute atomic E-state index is 13.1. The summed E-state index contributed by atoms with van der Waals surface area (Å²) in [5, 5.41) is 24.5. The number of rotatable bonds is 3. The summed E-state index contributed by atoms with van der Waals surface area (Å²) in [5.74, 6) is -0.390. The molecule has 1 aliphatic rings. The average Bonchev–Trinajstić information content (AvgIpc) is 3.43. The average molecular weight is 436 g/mol. The molecule has 9 heteroatoms. The van der Waals surface area contributed by atoms with Crippen molar-refractivity contribution in [2.24, 2.45) is 0 Å². The zero-order valence-corrected chi connectivity index (χ0v) is 17.9. The second kappa shape index (κ2) is 9.73. The van der Waals surface area contributed by atoms with E-state index in [-0.39, 0.29) is 5.82 Å². The maximum atomic E-state index is 13.1. The van der Waals surface area contributed by atoms with Gasteiger partial charge in [0.2, 0.25) is 0 Å². The molecule has 0 spiro atoms. The summed E-state index contributed by atoms with van der Waals surface area (Å²) in [5.41, 5.74) is 3.97. The van der Waals surface area contributed by atoms with E-state index in [4.69, 9.17) is 0 Å². The number of aromatic amines is 1. The Balaban J connectivity index is 0.000000334. The fourth-order valence-corrected chi connectivity index (χ4v) is 4.32. The number of pyridine rings is 2. The molecule has 1 fully saturated rings. The van der Waals surface area contributed by atoms with Crippen LogP contribution in [0.3, 0.4) is 0 Å². The Morgan fingerprint density at radius 3 is 2.58 bits per heavy atom. The van der Waals surface area contributed by atoms with Gasteiger partial charge in [0.15, 0.2) is 0 Å². The van der Waals surface area contributed by atoms with E-state index in [0.717, 1.165) is 21.7 Å². The normalized spacial score (nSPS) is 13.5. The van der Waals surface area contributed by atoms with Gasteiger partial charge in [0, 0.05) is 27.9 Å². The van der Waals surface area contributed by atoms with Crippen LogP contribution in [0.1, 0.15) is 30.5 Å². The van der Waals surface area contributed by atoms with Crippen LogP contribution in [0, 0.1) is 24.1 Å². The van der Waals surface area contributed by atoms with Crippen LogP contribution in [0.4, 0.5) is 4.39 Å². The van der Waals surface area contributed by atoms with Crippen molar-refractivity contribution in [1.29, 1.82) is 5.26 Å². The fourth-order valence-electron chi connectivity index (χ4n) is 3.37. The molecular weight excluding hydrogens is 413 g/mol. The summed E-state index contributed by atoms with van der Waals surface area (Å²) < 4.78 is 14.8. The zero-order valence-electron chi connectivity index (χ0n) is 17.1. The van der Waals surface area contributed by atoms with Crippen molar-refractivity contribution in [3.63, 3.8) is 0 Å². The summed E-state index contributed by atoms with van der Waals surface area (Å²) in [6.45, 7) is 4.44. The first kappa shape index (κ1) is 21.0. The molecule has 31 heavy (non-hydrogen) atoms. The van der Waals surface area contributed by atoms with Crippen molar-refractivity contribution in [1.82, 2.24) is 30.1 Å². The lowest BCUT2D eigenvalue weighted by Gasteiger charge is -2.08. The first-order valence-corrected chi connectivity index (χ1v) is 10.9. The quantitative estimate of drug-likeness (QED) is 0.497.